The highest BCUT2D eigenvalue weighted by molar-refractivity contribution is 7.99. The molecule has 0 saturated heterocycles. The lowest BCUT2D eigenvalue weighted by Crippen LogP contribution is -2.32. The first-order valence-corrected chi connectivity index (χ1v) is 25.4. The third-order valence-electron chi connectivity index (χ3n) is 15.7. The summed E-state index contributed by atoms with van der Waals surface area (Å²) < 4.78 is 4.80. The predicted octanol–water partition coefficient (Wildman–Crippen LogP) is 15.1. The number of aromatic nitrogens is 6. The van der Waals surface area contributed by atoms with E-state index in [1.165, 1.54) is 70.3 Å². The molecular weight excluding hydrogens is 897 g/mol. The molecule has 1 aliphatic heterocycles. The summed E-state index contributed by atoms with van der Waals surface area (Å²) in [5, 5.41) is 4.86. The van der Waals surface area contributed by atoms with Crippen molar-refractivity contribution in [3.63, 3.8) is 0 Å². The first kappa shape index (κ1) is 39.9. The van der Waals surface area contributed by atoms with Crippen molar-refractivity contribution in [2.24, 2.45) is 0 Å². The Labute approximate surface area is 419 Å². The van der Waals surface area contributed by atoms with Gasteiger partial charge in [-0.2, -0.15) is 0 Å². The summed E-state index contributed by atoms with van der Waals surface area (Å²) in [6.07, 6.45) is 9.34. The number of para-hydroxylation sites is 4. The number of pyridine rings is 4. The van der Waals surface area contributed by atoms with Gasteiger partial charge in [0.15, 0.2) is 0 Å². The number of fused-ring (bicyclic) bond motifs is 21. The molecule has 7 aromatic carbocycles. The minimum Gasteiger partial charge on any atom is -0.308 e. The fourth-order valence-corrected chi connectivity index (χ4v) is 13.9. The molecule has 0 radical (unpaired) electrons. The van der Waals surface area contributed by atoms with E-state index in [-0.39, 0.29) is 0 Å². The van der Waals surface area contributed by atoms with E-state index in [2.05, 4.69) is 216 Å². The molecule has 1 spiro atoms. The predicted molar refractivity (Wildman–Crippen MR) is 291 cm³/mol. The molecule has 7 heteroatoms. The number of rotatable bonds is 2. The summed E-state index contributed by atoms with van der Waals surface area (Å²) in [4.78, 5) is 23.6. The lowest BCUT2D eigenvalue weighted by molar-refractivity contribution is 0.717. The second kappa shape index (κ2) is 15.0. The van der Waals surface area contributed by atoms with Gasteiger partial charge in [-0.15, -0.1) is 0 Å². The minimum atomic E-state index is -0.819. The first-order chi connectivity index (χ1) is 35.7. The number of benzene rings is 7. The molecule has 0 unspecified atom stereocenters. The Morgan fingerprint density at radius 1 is 0.347 bits per heavy atom. The maximum Gasteiger partial charge on any atom is 0.0939 e. The van der Waals surface area contributed by atoms with Crippen molar-refractivity contribution in [2.75, 3.05) is 0 Å². The van der Waals surface area contributed by atoms with Crippen LogP contribution >= 0.6 is 11.8 Å². The van der Waals surface area contributed by atoms with Crippen LogP contribution < -0.4 is 0 Å². The Morgan fingerprint density at radius 3 is 1.39 bits per heavy atom. The summed E-state index contributed by atoms with van der Waals surface area (Å²) in [5.74, 6) is 0. The molecule has 6 aromatic heterocycles. The molecule has 0 atom stereocenters. The molecule has 0 amide bonds. The molecule has 72 heavy (non-hydrogen) atoms. The Bertz CT molecular complexity index is 4200. The van der Waals surface area contributed by atoms with E-state index >= 15 is 0 Å². The average molecular weight is 937 g/mol. The molecule has 13 aromatic rings. The van der Waals surface area contributed by atoms with E-state index < -0.39 is 5.41 Å². The van der Waals surface area contributed by atoms with E-state index in [1.807, 2.05) is 24.2 Å². The highest BCUT2D eigenvalue weighted by Crippen LogP contribution is 2.63. The number of nitrogens with zero attached hydrogens (tertiary/aromatic N) is 6. The molecule has 16 rings (SSSR count). The highest BCUT2D eigenvalue weighted by Gasteiger charge is 2.52. The second-order valence-corrected chi connectivity index (χ2v) is 20.4. The van der Waals surface area contributed by atoms with Crippen LogP contribution in [0.15, 0.2) is 229 Å². The van der Waals surface area contributed by atoms with Crippen molar-refractivity contribution in [1.82, 2.24) is 29.1 Å². The smallest absolute Gasteiger partial charge is 0.0939 e. The monoisotopic (exact) mass is 936 g/mol. The van der Waals surface area contributed by atoms with Crippen molar-refractivity contribution < 1.29 is 0 Å². The van der Waals surface area contributed by atoms with Gasteiger partial charge in [-0.25, -0.2) is 0 Å². The fraction of sp³-hybridized carbons (Fsp3) is 0.0462. The standard InChI is InChI=1S/C65H40N6S/c1-2-18-45-39(15-1)31-40-16-13-29-66-61(40)62-41(17-14-30-67-62)32-42-33-60-52(36-50(42)45)65(51-23-7-12-28-59(51)72-60)53-34-43(70-55-24-8-3-19-46(55)47-20-4-9-25-56(47)70)37-68-63(53)64-54(65)35-44(38-69-64)71-57-26-10-5-21-48(57)49-22-6-11-27-58(49)71/h1-30,33-38H,31-32H2. The molecule has 2 aliphatic carbocycles. The van der Waals surface area contributed by atoms with Crippen molar-refractivity contribution in [3.05, 3.63) is 263 Å². The van der Waals surface area contributed by atoms with Crippen molar-refractivity contribution >= 4 is 55.4 Å². The zero-order valence-electron chi connectivity index (χ0n) is 38.8. The SMILES string of the molecule is c1ccc2c(c1)Cc1cccnc1-c1ncccc1Cc1cc3c(cc1-2)C1(c2ccccc2S3)c2cc(-n3c4ccccc4c4ccccc43)cnc2-c2ncc(-n3c4ccccc4c4ccccc43)cc21. The Balaban J connectivity index is 1.03. The molecule has 0 bridgehead atoms. The maximum atomic E-state index is 5.57. The van der Waals surface area contributed by atoms with Crippen LogP contribution in [0.3, 0.4) is 0 Å². The quantitative estimate of drug-likeness (QED) is 0.173. The minimum absolute atomic E-state index is 0.692. The van der Waals surface area contributed by atoms with Gasteiger partial charge in [-0.3, -0.25) is 19.9 Å². The molecule has 0 fully saturated rings. The molecule has 0 saturated carbocycles. The number of hydrogen-bond donors (Lipinski definition) is 0. The van der Waals surface area contributed by atoms with Gasteiger partial charge in [-0.1, -0.05) is 139 Å². The topological polar surface area (TPSA) is 61.4 Å². The zero-order chi connectivity index (χ0) is 47.1. The third kappa shape index (κ3) is 5.45. The largest absolute Gasteiger partial charge is 0.308 e. The average Bonchev–Trinajstić information content (AvgIpc) is 4.05. The summed E-state index contributed by atoms with van der Waals surface area (Å²) in [5.41, 5.74) is 21.5. The fourth-order valence-electron chi connectivity index (χ4n) is 12.7. The van der Waals surface area contributed by atoms with Crippen LogP contribution in [0.4, 0.5) is 0 Å². The van der Waals surface area contributed by atoms with E-state index in [1.54, 1.807) is 0 Å². The maximum absolute atomic E-state index is 5.57. The van der Waals surface area contributed by atoms with Crippen molar-refractivity contribution in [2.45, 2.75) is 28.0 Å². The van der Waals surface area contributed by atoms with Crippen LogP contribution in [-0.4, -0.2) is 29.1 Å². The highest BCUT2D eigenvalue weighted by atomic mass is 32.2. The van der Waals surface area contributed by atoms with Crippen LogP contribution in [0.1, 0.15) is 44.5 Å². The zero-order valence-corrected chi connectivity index (χ0v) is 39.6. The first-order valence-electron chi connectivity index (χ1n) is 24.6. The molecule has 7 heterocycles. The molecule has 6 nitrogen and oxygen atoms in total. The summed E-state index contributed by atoms with van der Waals surface area (Å²) in [7, 11) is 0. The Hall–Kier alpha value is -8.91. The number of hydrogen-bond acceptors (Lipinski definition) is 5. The van der Waals surface area contributed by atoms with Gasteiger partial charge in [0.25, 0.3) is 0 Å². The van der Waals surface area contributed by atoms with Gasteiger partial charge in [0, 0.05) is 67.7 Å². The van der Waals surface area contributed by atoms with E-state index in [0.29, 0.717) is 6.42 Å². The molecule has 0 N–H and O–H groups in total. The van der Waals surface area contributed by atoms with Gasteiger partial charge < -0.3 is 9.13 Å². The molecular formula is C65H40N6S. The van der Waals surface area contributed by atoms with E-state index in [9.17, 15) is 0 Å². The van der Waals surface area contributed by atoms with Gasteiger partial charge in [-0.05, 0) is 111 Å². The van der Waals surface area contributed by atoms with Gasteiger partial charge in [0.05, 0.1) is 74.0 Å². The summed E-state index contributed by atoms with van der Waals surface area (Å²) in [6.45, 7) is 0. The Morgan fingerprint density at radius 2 is 0.819 bits per heavy atom. The molecule has 336 valence electrons. The van der Waals surface area contributed by atoms with E-state index in [0.717, 1.165) is 79.3 Å². The van der Waals surface area contributed by atoms with Crippen LogP contribution in [0.25, 0.3) is 88.9 Å². The van der Waals surface area contributed by atoms with Gasteiger partial charge in [0.1, 0.15) is 0 Å². The van der Waals surface area contributed by atoms with Crippen molar-refractivity contribution in [1.29, 1.82) is 0 Å². The second-order valence-electron chi connectivity index (χ2n) is 19.3. The van der Waals surface area contributed by atoms with Gasteiger partial charge >= 0.3 is 0 Å². The van der Waals surface area contributed by atoms with Crippen LogP contribution in [0, 0.1) is 0 Å². The lowest BCUT2D eigenvalue weighted by atomic mass is 9.66. The molecule has 3 aliphatic rings. The Kier molecular flexibility index (Phi) is 8.34. The van der Waals surface area contributed by atoms with Crippen LogP contribution in [-0.2, 0) is 18.3 Å². The summed E-state index contributed by atoms with van der Waals surface area (Å²) in [6, 6.07) is 71.5. The lowest BCUT2D eigenvalue weighted by Gasteiger charge is -2.40. The van der Waals surface area contributed by atoms with Crippen LogP contribution in [0.2, 0.25) is 0 Å². The van der Waals surface area contributed by atoms with Crippen molar-refractivity contribution in [3.8, 4) is 45.3 Å². The summed E-state index contributed by atoms with van der Waals surface area (Å²) >= 11 is 1.87. The normalized spacial score (nSPS) is 13.8. The van der Waals surface area contributed by atoms with Crippen LogP contribution in [0.5, 0.6) is 0 Å². The van der Waals surface area contributed by atoms with Gasteiger partial charge in [0.2, 0.25) is 0 Å². The van der Waals surface area contributed by atoms with E-state index in [4.69, 9.17) is 19.9 Å². The third-order valence-corrected chi connectivity index (χ3v) is 16.8.